The lowest BCUT2D eigenvalue weighted by molar-refractivity contribution is 0.0898. The lowest BCUT2D eigenvalue weighted by Crippen LogP contribution is -2.34. The number of methoxy groups -OCH3 is 1. The lowest BCUT2D eigenvalue weighted by Gasteiger charge is -2.22. The molecule has 2 aromatic rings. The van der Waals surface area contributed by atoms with Crippen molar-refractivity contribution in [2.24, 2.45) is 0 Å². The maximum absolute atomic E-state index is 12.7. The van der Waals surface area contributed by atoms with E-state index >= 15 is 0 Å². The molecule has 1 heterocycles. The third-order valence-corrected chi connectivity index (χ3v) is 4.55. The number of aromatic nitrogens is 2. The zero-order valence-corrected chi connectivity index (χ0v) is 15.8. The molecule has 0 saturated heterocycles. The highest BCUT2D eigenvalue weighted by molar-refractivity contribution is 5.92. The fraction of sp³-hybridized carbons (Fsp3) is 0.500. The summed E-state index contributed by atoms with van der Waals surface area (Å²) in [5, 5.41) is 17.8. The number of rotatable bonds is 6. The SMILES string of the molecule is COc1ccc(C(O)CNC(=O)c2cc(C3CC3)nn2C(C)(C)C)cc1. The molecule has 1 aliphatic rings. The van der Waals surface area contributed by atoms with Crippen LogP contribution >= 0.6 is 0 Å². The number of nitrogens with zero attached hydrogens (tertiary/aromatic N) is 2. The van der Waals surface area contributed by atoms with Crippen molar-refractivity contribution in [1.82, 2.24) is 15.1 Å². The molecule has 0 radical (unpaired) electrons. The Balaban J connectivity index is 1.69. The van der Waals surface area contributed by atoms with Crippen LogP contribution in [0.5, 0.6) is 5.75 Å². The molecule has 1 fully saturated rings. The monoisotopic (exact) mass is 357 g/mol. The van der Waals surface area contributed by atoms with Gasteiger partial charge >= 0.3 is 0 Å². The molecule has 6 heteroatoms. The van der Waals surface area contributed by atoms with Crippen molar-refractivity contribution < 1.29 is 14.6 Å². The van der Waals surface area contributed by atoms with Crippen molar-refractivity contribution in [3.8, 4) is 5.75 Å². The number of amides is 1. The average molecular weight is 357 g/mol. The molecule has 6 nitrogen and oxygen atoms in total. The topological polar surface area (TPSA) is 76.4 Å². The Morgan fingerprint density at radius 1 is 1.35 bits per heavy atom. The van der Waals surface area contributed by atoms with Crippen LogP contribution in [0.1, 0.15) is 67.4 Å². The minimum absolute atomic E-state index is 0.138. The quantitative estimate of drug-likeness (QED) is 0.833. The van der Waals surface area contributed by atoms with E-state index in [1.54, 1.807) is 36.1 Å². The van der Waals surface area contributed by atoms with Gasteiger partial charge in [0.2, 0.25) is 0 Å². The van der Waals surface area contributed by atoms with Crippen LogP contribution in [0.4, 0.5) is 0 Å². The number of hydrogen-bond acceptors (Lipinski definition) is 4. The summed E-state index contributed by atoms with van der Waals surface area (Å²) in [6.07, 6.45) is 1.50. The summed E-state index contributed by atoms with van der Waals surface area (Å²) < 4.78 is 6.90. The molecule has 26 heavy (non-hydrogen) atoms. The smallest absolute Gasteiger partial charge is 0.269 e. The van der Waals surface area contributed by atoms with Gasteiger partial charge in [0.25, 0.3) is 5.91 Å². The predicted octanol–water partition coefficient (Wildman–Crippen LogP) is 2.99. The normalized spacial score (nSPS) is 15.6. The fourth-order valence-electron chi connectivity index (χ4n) is 2.87. The molecule has 1 atom stereocenters. The van der Waals surface area contributed by atoms with E-state index in [1.807, 2.05) is 26.8 Å². The molecule has 1 aromatic carbocycles. The first-order valence-electron chi connectivity index (χ1n) is 9.00. The highest BCUT2D eigenvalue weighted by Gasteiger charge is 2.31. The van der Waals surface area contributed by atoms with Crippen molar-refractivity contribution in [1.29, 1.82) is 0 Å². The van der Waals surface area contributed by atoms with Crippen LogP contribution in [0, 0.1) is 0 Å². The molecule has 1 aromatic heterocycles. The number of aliphatic hydroxyl groups excluding tert-OH is 1. The summed E-state index contributed by atoms with van der Waals surface area (Å²) in [7, 11) is 1.60. The van der Waals surface area contributed by atoms with Crippen molar-refractivity contribution in [3.05, 3.63) is 47.3 Å². The van der Waals surface area contributed by atoms with Crippen LogP contribution in [-0.2, 0) is 5.54 Å². The Kier molecular flexibility index (Phi) is 5.05. The standard InChI is InChI=1S/C20H27N3O3/c1-20(2,3)23-17(11-16(22-23)13-5-6-13)19(25)21-12-18(24)14-7-9-15(26-4)10-8-14/h7-11,13,18,24H,5-6,12H2,1-4H3,(H,21,25). The van der Waals surface area contributed by atoms with Crippen LogP contribution in [0.25, 0.3) is 0 Å². The number of aliphatic hydroxyl groups is 1. The van der Waals surface area contributed by atoms with Gasteiger partial charge in [0, 0.05) is 12.5 Å². The number of hydrogen-bond donors (Lipinski definition) is 2. The minimum Gasteiger partial charge on any atom is -0.497 e. The number of carbonyl (C=O) groups is 1. The molecule has 1 amide bonds. The van der Waals surface area contributed by atoms with E-state index in [-0.39, 0.29) is 18.0 Å². The molecule has 3 rings (SSSR count). The second-order valence-electron chi connectivity index (χ2n) is 7.81. The van der Waals surface area contributed by atoms with Crippen molar-refractivity contribution in [2.75, 3.05) is 13.7 Å². The van der Waals surface area contributed by atoms with Crippen molar-refractivity contribution in [3.63, 3.8) is 0 Å². The molecular formula is C20H27N3O3. The maximum Gasteiger partial charge on any atom is 0.269 e. The van der Waals surface area contributed by atoms with E-state index < -0.39 is 6.10 Å². The Hall–Kier alpha value is -2.34. The number of nitrogens with one attached hydrogen (secondary N) is 1. The maximum atomic E-state index is 12.7. The van der Waals surface area contributed by atoms with Gasteiger partial charge in [-0.1, -0.05) is 12.1 Å². The summed E-state index contributed by atoms with van der Waals surface area (Å²) >= 11 is 0. The van der Waals surface area contributed by atoms with Crippen LogP contribution in [0.3, 0.4) is 0 Å². The highest BCUT2D eigenvalue weighted by Crippen LogP contribution is 2.40. The first-order valence-corrected chi connectivity index (χ1v) is 9.00. The average Bonchev–Trinajstić information content (AvgIpc) is 3.36. The molecule has 140 valence electrons. The van der Waals surface area contributed by atoms with Gasteiger partial charge in [0.1, 0.15) is 11.4 Å². The van der Waals surface area contributed by atoms with Gasteiger partial charge in [-0.25, -0.2) is 0 Å². The van der Waals surface area contributed by atoms with E-state index in [4.69, 9.17) is 4.74 Å². The van der Waals surface area contributed by atoms with E-state index in [1.165, 1.54) is 0 Å². The third kappa shape index (κ3) is 4.07. The Morgan fingerprint density at radius 3 is 2.54 bits per heavy atom. The zero-order valence-electron chi connectivity index (χ0n) is 15.8. The van der Waals surface area contributed by atoms with Crippen LogP contribution in [-0.4, -0.2) is 34.4 Å². The molecule has 1 aliphatic carbocycles. The molecule has 1 saturated carbocycles. The van der Waals surface area contributed by atoms with Gasteiger partial charge in [-0.05, 0) is 57.4 Å². The van der Waals surface area contributed by atoms with Gasteiger partial charge < -0.3 is 15.2 Å². The first-order chi connectivity index (χ1) is 12.3. The van der Waals surface area contributed by atoms with Gasteiger partial charge in [-0.3, -0.25) is 9.48 Å². The van der Waals surface area contributed by atoms with Crippen molar-refractivity contribution in [2.45, 2.75) is 51.2 Å². The number of benzene rings is 1. The van der Waals surface area contributed by atoms with Gasteiger partial charge in [-0.2, -0.15) is 5.10 Å². The summed E-state index contributed by atoms with van der Waals surface area (Å²) in [5.74, 6) is 0.994. The largest absolute Gasteiger partial charge is 0.497 e. The Morgan fingerprint density at radius 2 is 2.00 bits per heavy atom. The lowest BCUT2D eigenvalue weighted by atomic mass is 10.1. The number of carbonyl (C=O) groups excluding carboxylic acids is 1. The molecule has 0 bridgehead atoms. The summed E-state index contributed by atoms with van der Waals surface area (Å²) in [6.45, 7) is 6.22. The summed E-state index contributed by atoms with van der Waals surface area (Å²) in [4.78, 5) is 12.7. The van der Waals surface area contributed by atoms with E-state index in [9.17, 15) is 9.90 Å². The molecular weight excluding hydrogens is 330 g/mol. The van der Waals surface area contributed by atoms with Gasteiger partial charge in [0.05, 0.1) is 24.4 Å². The zero-order chi connectivity index (χ0) is 18.9. The molecule has 2 N–H and O–H groups in total. The first kappa shape index (κ1) is 18.5. The fourth-order valence-corrected chi connectivity index (χ4v) is 2.87. The van der Waals surface area contributed by atoms with Gasteiger partial charge in [-0.15, -0.1) is 0 Å². The van der Waals surface area contributed by atoms with E-state index in [0.717, 1.165) is 29.8 Å². The van der Waals surface area contributed by atoms with Crippen LogP contribution in [0.2, 0.25) is 0 Å². The predicted molar refractivity (Wildman–Crippen MR) is 99.5 cm³/mol. The Bertz CT molecular complexity index is 771. The van der Waals surface area contributed by atoms with E-state index in [2.05, 4.69) is 10.4 Å². The second kappa shape index (κ2) is 7.11. The summed E-state index contributed by atoms with van der Waals surface area (Å²) in [5.41, 5.74) is 1.98. The second-order valence-corrected chi connectivity index (χ2v) is 7.81. The van der Waals surface area contributed by atoms with Crippen LogP contribution in [0.15, 0.2) is 30.3 Å². The molecule has 1 unspecified atom stereocenters. The number of ether oxygens (including phenoxy) is 1. The molecule has 0 spiro atoms. The highest BCUT2D eigenvalue weighted by atomic mass is 16.5. The molecule has 0 aliphatic heterocycles. The Labute approximate surface area is 154 Å². The van der Waals surface area contributed by atoms with Gasteiger partial charge in [0.15, 0.2) is 0 Å². The summed E-state index contributed by atoms with van der Waals surface area (Å²) in [6, 6.07) is 9.05. The van der Waals surface area contributed by atoms with E-state index in [0.29, 0.717) is 11.6 Å². The minimum atomic E-state index is -0.779. The van der Waals surface area contributed by atoms with Crippen molar-refractivity contribution >= 4 is 5.91 Å². The third-order valence-electron chi connectivity index (χ3n) is 4.55. The van der Waals surface area contributed by atoms with Crippen LogP contribution < -0.4 is 10.1 Å².